The zero-order chi connectivity index (χ0) is 17.6. The first-order valence-electron chi connectivity index (χ1n) is 7.86. The van der Waals surface area contributed by atoms with E-state index >= 15 is 0 Å². The Labute approximate surface area is 151 Å². The molecular formula is C19H18N4OS. The summed E-state index contributed by atoms with van der Waals surface area (Å²) >= 11 is 1.42. The highest BCUT2D eigenvalue weighted by atomic mass is 32.2. The Bertz CT molecular complexity index is 883. The molecule has 126 valence electrons. The third kappa shape index (κ3) is 4.20. The van der Waals surface area contributed by atoms with E-state index in [9.17, 15) is 5.26 Å². The minimum absolute atomic E-state index is 0.240. The van der Waals surface area contributed by atoms with E-state index in [0.717, 1.165) is 17.0 Å². The molecule has 0 N–H and O–H groups in total. The summed E-state index contributed by atoms with van der Waals surface area (Å²) in [6.07, 6.45) is 2.31. The van der Waals surface area contributed by atoms with Crippen LogP contribution in [0.2, 0.25) is 0 Å². The van der Waals surface area contributed by atoms with E-state index in [1.54, 1.807) is 13.4 Å². The third-order valence-electron chi connectivity index (χ3n) is 3.78. The van der Waals surface area contributed by atoms with Crippen molar-refractivity contribution in [3.05, 3.63) is 66.0 Å². The molecule has 0 bridgehead atoms. The summed E-state index contributed by atoms with van der Waals surface area (Å²) in [5, 5.41) is 18.2. The number of aromatic nitrogens is 3. The molecule has 2 aromatic carbocycles. The van der Waals surface area contributed by atoms with E-state index in [1.165, 1.54) is 17.3 Å². The molecule has 6 heteroatoms. The van der Waals surface area contributed by atoms with Crippen molar-refractivity contribution < 1.29 is 4.74 Å². The van der Waals surface area contributed by atoms with Gasteiger partial charge in [-0.3, -0.25) is 4.57 Å². The topological polar surface area (TPSA) is 63.7 Å². The van der Waals surface area contributed by atoms with Crippen molar-refractivity contribution in [3.63, 3.8) is 0 Å². The zero-order valence-electron chi connectivity index (χ0n) is 14.1. The predicted molar refractivity (Wildman–Crippen MR) is 98.1 cm³/mol. The molecule has 0 spiro atoms. The van der Waals surface area contributed by atoms with Crippen LogP contribution in [-0.4, -0.2) is 27.1 Å². The zero-order valence-corrected chi connectivity index (χ0v) is 14.9. The maximum Gasteiger partial charge on any atom is 0.196 e. The molecule has 1 aromatic heterocycles. The Kier molecular flexibility index (Phi) is 5.36. The van der Waals surface area contributed by atoms with Gasteiger partial charge in [-0.2, -0.15) is 5.26 Å². The van der Waals surface area contributed by atoms with Gasteiger partial charge in [0.2, 0.25) is 0 Å². The molecule has 0 fully saturated rings. The second kappa shape index (κ2) is 7.86. The average molecular weight is 350 g/mol. The minimum Gasteiger partial charge on any atom is -0.497 e. The molecule has 0 aliphatic rings. The fourth-order valence-electron chi connectivity index (χ4n) is 2.42. The Morgan fingerprint density at radius 2 is 2.04 bits per heavy atom. The van der Waals surface area contributed by atoms with Gasteiger partial charge in [-0.25, -0.2) is 0 Å². The number of aryl methyl sites for hydroxylation is 1. The highest BCUT2D eigenvalue weighted by Crippen LogP contribution is 2.27. The molecule has 3 aromatic rings. The first-order chi connectivity index (χ1) is 12.2. The molecule has 0 unspecified atom stereocenters. The molecule has 0 radical (unpaired) electrons. The van der Waals surface area contributed by atoms with Crippen molar-refractivity contribution in [2.75, 3.05) is 7.11 Å². The monoisotopic (exact) mass is 350 g/mol. The number of nitrogens with zero attached hydrogens (tertiary/aromatic N) is 4. The fraction of sp³-hybridized carbons (Fsp3) is 0.211. The molecule has 5 nitrogen and oxygen atoms in total. The van der Waals surface area contributed by atoms with Crippen LogP contribution in [0.5, 0.6) is 5.75 Å². The van der Waals surface area contributed by atoms with Gasteiger partial charge in [0, 0.05) is 6.07 Å². The largest absolute Gasteiger partial charge is 0.497 e. The molecule has 0 amide bonds. The van der Waals surface area contributed by atoms with Gasteiger partial charge in [0.1, 0.15) is 17.3 Å². The Morgan fingerprint density at radius 1 is 1.24 bits per heavy atom. The van der Waals surface area contributed by atoms with Crippen LogP contribution in [-0.2, 0) is 6.42 Å². The summed E-state index contributed by atoms with van der Waals surface area (Å²) < 4.78 is 7.14. The molecule has 0 aliphatic carbocycles. The summed E-state index contributed by atoms with van der Waals surface area (Å²) in [5.41, 5.74) is 3.25. The lowest BCUT2D eigenvalue weighted by molar-refractivity contribution is 0.414. The molecular weight excluding hydrogens is 332 g/mol. The van der Waals surface area contributed by atoms with Gasteiger partial charge in [0.25, 0.3) is 0 Å². The van der Waals surface area contributed by atoms with Crippen LogP contribution in [0, 0.1) is 18.3 Å². The second-order valence-electron chi connectivity index (χ2n) is 5.61. The van der Waals surface area contributed by atoms with E-state index in [0.29, 0.717) is 11.6 Å². The molecule has 1 atom stereocenters. The van der Waals surface area contributed by atoms with E-state index < -0.39 is 0 Å². The van der Waals surface area contributed by atoms with Gasteiger partial charge >= 0.3 is 0 Å². The fourth-order valence-corrected chi connectivity index (χ4v) is 3.36. The van der Waals surface area contributed by atoms with Gasteiger partial charge in [-0.1, -0.05) is 47.7 Å². The molecule has 25 heavy (non-hydrogen) atoms. The number of methoxy groups -OCH3 is 1. The van der Waals surface area contributed by atoms with Crippen LogP contribution >= 0.6 is 11.8 Å². The SMILES string of the molecule is COc1cccc(-n2cnnc2S[C@H](C#N)Cc2ccc(C)cc2)c1. The average Bonchev–Trinajstić information content (AvgIpc) is 3.11. The smallest absolute Gasteiger partial charge is 0.196 e. The first kappa shape index (κ1) is 17.1. The number of rotatable bonds is 6. The molecule has 3 rings (SSSR count). The number of hydrogen-bond acceptors (Lipinski definition) is 5. The molecule has 1 heterocycles. The summed E-state index contributed by atoms with van der Waals surface area (Å²) in [7, 11) is 1.63. The van der Waals surface area contributed by atoms with Gasteiger partial charge in [0.15, 0.2) is 5.16 Å². The third-order valence-corrected chi connectivity index (χ3v) is 4.83. The van der Waals surface area contributed by atoms with Crippen LogP contribution in [0.25, 0.3) is 5.69 Å². The van der Waals surface area contributed by atoms with Crippen molar-refractivity contribution >= 4 is 11.8 Å². The highest BCUT2D eigenvalue weighted by molar-refractivity contribution is 8.00. The van der Waals surface area contributed by atoms with Crippen LogP contribution in [0.1, 0.15) is 11.1 Å². The van der Waals surface area contributed by atoms with Gasteiger partial charge in [0.05, 0.1) is 18.9 Å². The standard InChI is InChI=1S/C19H18N4OS/c1-14-6-8-15(9-7-14)10-18(12-20)25-19-22-21-13-23(19)16-4-3-5-17(11-16)24-2/h3-9,11,13,18H,10H2,1-2H3/t18-/m0/s1. The minimum atomic E-state index is -0.240. The normalized spacial score (nSPS) is 11.7. The predicted octanol–water partition coefficient (Wildman–Crippen LogP) is 3.81. The van der Waals surface area contributed by atoms with Crippen LogP contribution in [0.3, 0.4) is 0 Å². The van der Waals surface area contributed by atoms with Crippen molar-refractivity contribution in [1.29, 1.82) is 5.26 Å². The summed E-state index contributed by atoms with van der Waals surface area (Å²) in [5.74, 6) is 0.763. The lowest BCUT2D eigenvalue weighted by Crippen LogP contribution is -2.06. The van der Waals surface area contributed by atoms with Gasteiger partial charge in [-0.15, -0.1) is 10.2 Å². The lowest BCUT2D eigenvalue weighted by Gasteiger charge is -2.11. The lowest BCUT2D eigenvalue weighted by atomic mass is 10.1. The highest BCUT2D eigenvalue weighted by Gasteiger charge is 2.16. The number of hydrogen-bond donors (Lipinski definition) is 0. The van der Waals surface area contributed by atoms with Crippen LogP contribution < -0.4 is 4.74 Å². The van der Waals surface area contributed by atoms with E-state index in [-0.39, 0.29) is 5.25 Å². The number of ether oxygens (including phenoxy) is 1. The quantitative estimate of drug-likeness (QED) is 0.633. The summed E-state index contributed by atoms with van der Waals surface area (Å²) in [6.45, 7) is 2.05. The Morgan fingerprint density at radius 3 is 2.76 bits per heavy atom. The maximum atomic E-state index is 9.54. The Balaban J connectivity index is 1.79. The van der Waals surface area contributed by atoms with Crippen molar-refractivity contribution in [1.82, 2.24) is 14.8 Å². The van der Waals surface area contributed by atoms with Gasteiger partial charge in [-0.05, 0) is 31.0 Å². The number of nitriles is 1. The van der Waals surface area contributed by atoms with Crippen LogP contribution in [0.4, 0.5) is 0 Å². The number of benzene rings is 2. The summed E-state index contributed by atoms with van der Waals surface area (Å²) in [6, 6.07) is 18.3. The maximum absolute atomic E-state index is 9.54. The Hall–Kier alpha value is -2.78. The molecule has 0 saturated carbocycles. The first-order valence-corrected chi connectivity index (χ1v) is 8.74. The van der Waals surface area contributed by atoms with E-state index in [1.807, 2.05) is 28.8 Å². The van der Waals surface area contributed by atoms with E-state index in [4.69, 9.17) is 4.74 Å². The van der Waals surface area contributed by atoms with Crippen molar-refractivity contribution in [2.45, 2.75) is 23.8 Å². The van der Waals surface area contributed by atoms with Crippen molar-refractivity contribution in [2.24, 2.45) is 0 Å². The molecule has 0 aliphatic heterocycles. The van der Waals surface area contributed by atoms with Crippen molar-refractivity contribution in [3.8, 4) is 17.5 Å². The van der Waals surface area contributed by atoms with Crippen LogP contribution in [0.15, 0.2) is 60.0 Å². The van der Waals surface area contributed by atoms with Gasteiger partial charge < -0.3 is 4.74 Å². The van der Waals surface area contributed by atoms with E-state index in [2.05, 4.69) is 47.5 Å². The summed E-state index contributed by atoms with van der Waals surface area (Å²) in [4.78, 5) is 0. The molecule has 0 saturated heterocycles. The second-order valence-corrected chi connectivity index (χ2v) is 6.78. The number of thioether (sulfide) groups is 1.